The van der Waals surface area contributed by atoms with Crippen molar-refractivity contribution in [1.82, 2.24) is 5.32 Å². The number of nitriles is 1. The molecule has 7 heteroatoms. The molecule has 0 aromatic heterocycles. The van der Waals surface area contributed by atoms with E-state index < -0.39 is 12.1 Å². The first-order chi connectivity index (χ1) is 13.0. The van der Waals surface area contributed by atoms with Gasteiger partial charge in [-0.05, 0) is 35.8 Å². The van der Waals surface area contributed by atoms with Crippen molar-refractivity contribution < 1.29 is 24.2 Å². The fourth-order valence-corrected chi connectivity index (χ4v) is 2.33. The molecule has 2 rings (SSSR count). The zero-order valence-corrected chi connectivity index (χ0v) is 14.6. The van der Waals surface area contributed by atoms with E-state index in [0.717, 1.165) is 5.56 Å². The Morgan fingerprint density at radius 1 is 1.19 bits per heavy atom. The third-order valence-electron chi connectivity index (χ3n) is 3.60. The van der Waals surface area contributed by atoms with Crippen molar-refractivity contribution in [2.24, 2.45) is 0 Å². The Morgan fingerprint density at radius 3 is 2.56 bits per heavy atom. The van der Waals surface area contributed by atoms with Crippen molar-refractivity contribution in [3.05, 3.63) is 65.2 Å². The lowest BCUT2D eigenvalue weighted by atomic mass is 10.1. The summed E-state index contributed by atoms with van der Waals surface area (Å²) in [5.74, 6) is -0.292. The Morgan fingerprint density at radius 2 is 1.93 bits per heavy atom. The minimum absolute atomic E-state index is 0.0213. The van der Waals surface area contributed by atoms with E-state index in [1.54, 1.807) is 0 Å². The van der Waals surface area contributed by atoms with Gasteiger partial charge in [0.1, 0.15) is 11.6 Å². The van der Waals surface area contributed by atoms with E-state index >= 15 is 0 Å². The molecule has 0 heterocycles. The number of ether oxygens (including phenoxy) is 2. The van der Waals surface area contributed by atoms with Gasteiger partial charge in [0, 0.05) is 6.54 Å². The van der Waals surface area contributed by atoms with Gasteiger partial charge < -0.3 is 19.9 Å². The first-order valence-corrected chi connectivity index (χ1v) is 8.06. The normalized spacial score (nSPS) is 10.6. The number of methoxy groups -OCH3 is 1. The number of hydrogen-bond acceptors (Lipinski definition) is 5. The van der Waals surface area contributed by atoms with E-state index in [4.69, 9.17) is 9.84 Å². The predicted molar refractivity (Wildman–Crippen MR) is 98.4 cm³/mol. The molecular weight excluding hydrogens is 348 g/mol. The highest BCUT2D eigenvalue weighted by Gasteiger charge is 2.12. The van der Waals surface area contributed by atoms with Gasteiger partial charge in [-0.1, -0.05) is 36.4 Å². The number of rotatable bonds is 7. The van der Waals surface area contributed by atoms with E-state index in [1.165, 1.54) is 31.4 Å². The average molecular weight is 366 g/mol. The molecule has 0 aliphatic carbocycles. The third kappa shape index (κ3) is 5.90. The lowest BCUT2D eigenvalue weighted by molar-refractivity contribution is -0.117. The molecule has 0 aliphatic heterocycles. The number of benzene rings is 2. The molecule has 0 radical (unpaired) electrons. The van der Waals surface area contributed by atoms with Gasteiger partial charge in [0.2, 0.25) is 0 Å². The molecule has 2 N–H and O–H groups in total. The molecule has 0 fully saturated rings. The van der Waals surface area contributed by atoms with Gasteiger partial charge in [-0.15, -0.1) is 0 Å². The topological polar surface area (TPSA) is 109 Å². The van der Waals surface area contributed by atoms with Gasteiger partial charge in [0.15, 0.2) is 11.5 Å². The van der Waals surface area contributed by atoms with Gasteiger partial charge in [-0.25, -0.2) is 4.79 Å². The smallest absolute Gasteiger partial charge is 0.493 e. The van der Waals surface area contributed by atoms with Crippen molar-refractivity contribution in [2.75, 3.05) is 13.7 Å². The molecular formula is C20H18N2O5. The second kappa shape index (κ2) is 9.63. The van der Waals surface area contributed by atoms with Crippen molar-refractivity contribution in [2.45, 2.75) is 6.42 Å². The molecule has 0 bridgehead atoms. The molecule has 7 nitrogen and oxygen atoms in total. The molecule has 0 unspecified atom stereocenters. The molecule has 0 atom stereocenters. The zero-order valence-electron chi connectivity index (χ0n) is 14.6. The van der Waals surface area contributed by atoms with E-state index in [2.05, 4.69) is 10.1 Å². The van der Waals surface area contributed by atoms with Crippen LogP contribution in [0, 0.1) is 11.3 Å². The average Bonchev–Trinajstić information content (AvgIpc) is 2.67. The Hall–Kier alpha value is -3.79. The van der Waals surface area contributed by atoms with Crippen molar-refractivity contribution in [3.8, 4) is 17.6 Å². The summed E-state index contributed by atoms with van der Waals surface area (Å²) in [6.45, 7) is 0.399. The van der Waals surface area contributed by atoms with Crippen LogP contribution in [0.15, 0.2) is 54.1 Å². The Balaban J connectivity index is 2.07. The predicted octanol–water partition coefficient (Wildman–Crippen LogP) is 3.02. The van der Waals surface area contributed by atoms with Crippen LogP contribution in [0.25, 0.3) is 6.08 Å². The maximum Gasteiger partial charge on any atom is 0.511 e. The van der Waals surface area contributed by atoms with E-state index in [-0.39, 0.29) is 17.1 Å². The van der Waals surface area contributed by atoms with Crippen LogP contribution in [0.3, 0.4) is 0 Å². The van der Waals surface area contributed by atoms with Crippen molar-refractivity contribution >= 4 is 18.1 Å². The Bertz CT molecular complexity index is 885. The van der Waals surface area contributed by atoms with Gasteiger partial charge in [-0.3, -0.25) is 4.79 Å². The zero-order chi connectivity index (χ0) is 19.6. The van der Waals surface area contributed by atoms with Gasteiger partial charge >= 0.3 is 6.16 Å². The van der Waals surface area contributed by atoms with Crippen LogP contribution in [-0.2, 0) is 11.2 Å². The second-order valence-electron chi connectivity index (χ2n) is 5.44. The molecule has 2 aromatic carbocycles. The summed E-state index contributed by atoms with van der Waals surface area (Å²) < 4.78 is 9.67. The van der Waals surface area contributed by atoms with Crippen molar-refractivity contribution in [1.29, 1.82) is 5.26 Å². The molecule has 1 amide bonds. The highest BCUT2D eigenvalue weighted by molar-refractivity contribution is 6.01. The molecule has 0 saturated heterocycles. The Labute approximate surface area is 156 Å². The number of amides is 1. The van der Waals surface area contributed by atoms with Crippen molar-refractivity contribution in [3.63, 3.8) is 0 Å². The van der Waals surface area contributed by atoms with Crippen LogP contribution in [-0.4, -0.2) is 30.8 Å². The third-order valence-corrected chi connectivity index (χ3v) is 3.60. The van der Waals surface area contributed by atoms with E-state index in [0.29, 0.717) is 18.5 Å². The Kier molecular flexibility index (Phi) is 6.97. The molecule has 0 saturated carbocycles. The summed E-state index contributed by atoms with van der Waals surface area (Å²) >= 11 is 0. The number of nitrogens with zero attached hydrogens (tertiary/aromatic N) is 1. The first kappa shape index (κ1) is 19.5. The second-order valence-corrected chi connectivity index (χ2v) is 5.44. The summed E-state index contributed by atoms with van der Waals surface area (Å²) in [4.78, 5) is 22.9. The molecule has 138 valence electrons. The lowest BCUT2D eigenvalue weighted by Gasteiger charge is -2.08. The monoisotopic (exact) mass is 366 g/mol. The SMILES string of the molecule is COc1cc(/C=C(\C#N)C(=O)NCCc2ccccc2)ccc1OC(=O)O. The molecule has 27 heavy (non-hydrogen) atoms. The number of carboxylic acid groups (broad SMARTS) is 1. The van der Waals surface area contributed by atoms with Gasteiger partial charge in [0.25, 0.3) is 5.91 Å². The standard InChI is InChI=1S/C20H18N2O5/c1-26-18-12-15(7-8-17(18)27-20(24)25)11-16(13-21)19(23)22-10-9-14-5-3-2-4-6-14/h2-8,11-12H,9-10H2,1H3,(H,22,23)(H,24,25)/b16-11+. The molecule has 0 aliphatic rings. The summed E-state index contributed by atoms with van der Waals surface area (Å²) in [5.41, 5.74) is 1.51. The van der Waals surface area contributed by atoms with Crippen LogP contribution in [0.1, 0.15) is 11.1 Å². The van der Waals surface area contributed by atoms with E-state index in [9.17, 15) is 14.9 Å². The summed E-state index contributed by atoms with van der Waals surface area (Å²) in [5, 5.41) is 20.7. The van der Waals surface area contributed by atoms with Gasteiger partial charge in [0.05, 0.1) is 7.11 Å². The number of carbonyl (C=O) groups excluding carboxylic acids is 1. The van der Waals surface area contributed by atoms with E-state index in [1.807, 2.05) is 36.4 Å². The largest absolute Gasteiger partial charge is 0.511 e. The highest BCUT2D eigenvalue weighted by Crippen LogP contribution is 2.29. The van der Waals surface area contributed by atoms with Crippen LogP contribution in [0.2, 0.25) is 0 Å². The van der Waals surface area contributed by atoms with Crippen LogP contribution >= 0.6 is 0 Å². The fraction of sp³-hybridized carbons (Fsp3) is 0.150. The quantitative estimate of drug-likeness (QED) is 0.337. The maximum absolute atomic E-state index is 12.2. The fourth-order valence-electron chi connectivity index (χ4n) is 2.33. The van der Waals surface area contributed by atoms with Crippen LogP contribution < -0.4 is 14.8 Å². The van der Waals surface area contributed by atoms with Crippen LogP contribution in [0.5, 0.6) is 11.5 Å². The minimum Gasteiger partial charge on any atom is -0.493 e. The first-order valence-electron chi connectivity index (χ1n) is 8.06. The molecule has 2 aromatic rings. The summed E-state index contributed by atoms with van der Waals surface area (Å²) in [7, 11) is 1.36. The summed E-state index contributed by atoms with van der Waals surface area (Å²) in [6.07, 6.45) is 0.581. The molecule has 0 spiro atoms. The minimum atomic E-state index is -1.47. The number of carbonyl (C=O) groups is 2. The summed E-state index contributed by atoms with van der Waals surface area (Å²) in [6, 6.07) is 15.9. The van der Waals surface area contributed by atoms with Crippen LogP contribution in [0.4, 0.5) is 4.79 Å². The highest BCUT2D eigenvalue weighted by atomic mass is 16.7. The lowest BCUT2D eigenvalue weighted by Crippen LogP contribution is -2.26. The maximum atomic E-state index is 12.2. The number of hydrogen-bond donors (Lipinski definition) is 2. The van der Waals surface area contributed by atoms with Gasteiger partial charge in [-0.2, -0.15) is 5.26 Å². The number of nitrogens with one attached hydrogen (secondary N) is 1.